The topological polar surface area (TPSA) is 72.9 Å². The quantitative estimate of drug-likeness (QED) is 0.804. The van der Waals surface area contributed by atoms with E-state index in [9.17, 15) is 4.79 Å². The third-order valence-electron chi connectivity index (χ3n) is 2.70. The zero-order valence-electron chi connectivity index (χ0n) is 10.4. The van der Waals surface area contributed by atoms with Crippen LogP contribution in [-0.4, -0.2) is 21.7 Å². The van der Waals surface area contributed by atoms with Crippen LogP contribution in [0.5, 0.6) is 0 Å². The molecule has 0 aromatic carbocycles. The smallest absolute Gasteiger partial charge is 0.271 e. The second-order valence-corrected chi connectivity index (χ2v) is 3.97. The van der Waals surface area contributed by atoms with Crippen LogP contribution in [0.3, 0.4) is 0 Å². The Morgan fingerprint density at radius 3 is 2.62 bits per heavy atom. The Bertz CT molecular complexity index is 384. The lowest BCUT2D eigenvalue weighted by atomic mass is 10.2. The normalized spacial score (nSPS) is 12.5. The van der Waals surface area contributed by atoms with Crippen LogP contribution in [0.2, 0.25) is 0 Å². The van der Waals surface area contributed by atoms with Gasteiger partial charge in [-0.05, 0) is 19.8 Å². The van der Waals surface area contributed by atoms with E-state index >= 15 is 0 Å². The third-order valence-corrected chi connectivity index (χ3v) is 2.70. The summed E-state index contributed by atoms with van der Waals surface area (Å²) in [5.41, 5.74) is 7.61. The highest BCUT2D eigenvalue weighted by Gasteiger charge is 2.19. The maximum absolute atomic E-state index is 11.9. The van der Waals surface area contributed by atoms with E-state index in [1.807, 2.05) is 20.8 Å². The molecule has 90 valence electrons. The van der Waals surface area contributed by atoms with Gasteiger partial charge in [-0.15, -0.1) is 0 Å². The molecule has 0 fully saturated rings. The maximum Gasteiger partial charge on any atom is 0.271 e. The SMILES string of the molecule is CCc1nn(C)c(C(=O)NC(C)CC)c1N. The first-order chi connectivity index (χ1) is 7.51. The first kappa shape index (κ1) is 12.5. The summed E-state index contributed by atoms with van der Waals surface area (Å²) < 4.78 is 1.55. The Hall–Kier alpha value is -1.52. The second-order valence-electron chi connectivity index (χ2n) is 3.97. The molecule has 0 aliphatic heterocycles. The summed E-state index contributed by atoms with van der Waals surface area (Å²) in [6.45, 7) is 5.95. The Kier molecular flexibility index (Phi) is 3.93. The van der Waals surface area contributed by atoms with Gasteiger partial charge in [-0.3, -0.25) is 9.48 Å². The molecule has 0 radical (unpaired) electrons. The predicted octanol–water partition coefficient (Wildman–Crippen LogP) is 1.09. The van der Waals surface area contributed by atoms with Gasteiger partial charge in [-0.1, -0.05) is 13.8 Å². The summed E-state index contributed by atoms with van der Waals surface area (Å²) in [5, 5.41) is 7.10. The fourth-order valence-corrected chi connectivity index (χ4v) is 1.52. The van der Waals surface area contributed by atoms with Gasteiger partial charge in [0.05, 0.1) is 11.4 Å². The number of aryl methyl sites for hydroxylation is 2. The zero-order valence-corrected chi connectivity index (χ0v) is 10.4. The summed E-state index contributed by atoms with van der Waals surface area (Å²) >= 11 is 0. The fourth-order valence-electron chi connectivity index (χ4n) is 1.52. The van der Waals surface area contributed by atoms with E-state index < -0.39 is 0 Å². The molecule has 0 bridgehead atoms. The molecule has 1 aromatic rings. The number of carbonyl (C=O) groups excluding carboxylic acids is 1. The van der Waals surface area contributed by atoms with E-state index in [0.717, 1.165) is 18.5 Å². The van der Waals surface area contributed by atoms with Gasteiger partial charge in [0.25, 0.3) is 5.91 Å². The average molecular weight is 224 g/mol. The summed E-state index contributed by atoms with van der Waals surface area (Å²) in [5.74, 6) is -0.151. The molecule has 1 amide bonds. The molecule has 5 heteroatoms. The van der Waals surface area contributed by atoms with Crippen LogP contribution >= 0.6 is 0 Å². The molecule has 5 nitrogen and oxygen atoms in total. The second kappa shape index (κ2) is 5.01. The van der Waals surface area contributed by atoms with Crippen molar-refractivity contribution in [3.05, 3.63) is 11.4 Å². The standard InChI is InChI=1S/C11H20N4O/c1-5-7(3)13-11(16)10-9(12)8(6-2)14-15(10)4/h7H,5-6,12H2,1-4H3,(H,13,16). The number of nitrogen functional groups attached to an aromatic ring is 1. The molecule has 1 atom stereocenters. The highest BCUT2D eigenvalue weighted by molar-refractivity contribution is 5.98. The van der Waals surface area contributed by atoms with Crippen molar-refractivity contribution in [2.24, 2.45) is 7.05 Å². The number of anilines is 1. The van der Waals surface area contributed by atoms with Crippen molar-refractivity contribution in [2.45, 2.75) is 39.7 Å². The van der Waals surface area contributed by atoms with Gasteiger partial charge in [0.1, 0.15) is 5.69 Å². The van der Waals surface area contributed by atoms with Gasteiger partial charge in [0, 0.05) is 13.1 Å². The zero-order chi connectivity index (χ0) is 12.3. The number of nitrogens with two attached hydrogens (primary N) is 1. The van der Waals surface area contributed by atoms with Crippen molar-refractivity contribution in [2.75, 3.05) is 5.73 Å². The van der Waals surface area contributed by atoms with Crippen LogP contribution in [0, 0.1) is 0 Å². The number of hydrogen-bond acceptors (Lipinski definition) is 3. The number of rotatable bonds is 4. The predicted molar refractivity (Wildman–Crippen MR) is 64.2 cm³/mol. The molecule has 0 aliphatic carbocycles. The number of aromatic nitrogens is 2. The fraction of sp³-hybridized carbons (Fsp3) is 0.636. The van der Waals surface area contributed by atoms with Crippen LogP contribution in [0.4, 0.5) is 5.69 Å². The summed E-state index contributed by atoms with van der Waals surface area (Å²) in [6.07, 6.45) is 1.63. The van der Waals surface area contributed by atoms with E-state index in [1.165, 1.54) is 0 Å². The van der Waals surface area contributed by atoms with Crippen molar-refractivity contribution < 1.29 is 4.79 Å². The van der Waals surface area contributed by atoms with Gasteiger partial charge < -0.3 is 11.1 Å². The first-order valence-corrected chi connectivity index (χ1v) is 5.63. The number of hydrogen-bond donors (Lipinski definition) is 2. The molecule has 1 heterocycles. The van der Waals surface area contributed by atoms with Gasteiger partial charge in [-0.2, -0.15) is 5.10 Å². The number of nitrogens with zero attached hydrogens (tertiary/aromatic N) is 2. The molecular formula is C11H20N4O. The lowest BCUT2D eigenvalue weighted by molar-refractivity contribution is 0.0930. The Morgan fingerprint density at radius 1 is 1.56 bits per heavy atom. The number of amides is 1. The van der Waals surface area contributed by atoms with Crippen molar-refractivity contribution in [3.8, 4) is 0 Å². The molecule has 0 aliphatic rings. The molecule has 16 heavy (non-hydrogen) atoms. The maximum atomic E-state index is 11.9. The molecule has 3 N–H and O–H groups in total. The molecule has 1 unspecified atom stereocenters. The number of nitrogens with one attached hydrogen (secondary N) is 1. The van der Waals surface area contributed by atoms with Crippen LogP contribution in [0.15, 0.2) is 0 Å². The van der Waals surface area contributed by atoms with Crippen molar-refractivity contribution in [3.63, 3.8) is 0 Å². The van der Waals surface area contributed by atoms with Crippen molar-refractivity contribution in [1.82, 2.24) is 15.1 Å². The van der Waals surface area contributed by atoms with Crippen LogP contribution in [0.1, 0.15) is 43.4 Å². The van der Waals surface area contributed by atoms with Crippen molar-refractivity contribution in [1.29, 1.82) is 0 Å². The van der Waals surface area contributed by atoms with Crippen LogP contribution < -0.4 is 11.1 Å². The van der Waals surface area contributed by atoms with Gasteiger partial charge in [0.2, 0.25) is 0 Å². The minimum absolute atomic E-state index is 0.145. The number of carbonyl (C=O) groups is 1. The highest BCUT2D eigenvalue weighted by atomic mass is 16.2. The molecule has 1 aromatic heterocycles. The lowest BCUT2D eigenvalue weighted by Crippen LogP contribution is -2.33. The molecule has 0 saturated carbocycles. The van der Waals surface area contributed by atoms with Gasteiger partial charge in [-0.25, -0.2) is 0 Å². The monoisotopic (exact) mass is 224 g/mol. The van der Waals surface area contributed by atoms with E-state index in [4.69, 9.17) is 5.73 Å². The summed E-state index contributed by atoms with van der Waals surface area (Å²) in [4.78, 5) is 11.9. The lowest BCUT2D eigenvalue weighted by Gasteiger charge is -2.11. The van der Waals surface area contributed by atoms with Gasteiger partial charge >= 0.3 is 0 Å². The molecule has 0 saturated heterocycles. The first-order valence-electron chi connectivity index (χ1n) is 5.63. The molecular weight excluding hydrogens is 204 g/mol. The van der Waals surface area contributed by atoms with Crippen LogP contribution in [0.25, 0.3) is 0 Å². The molecule has 1 rings (SSSR count). The summed E-state index contributed by atoms with van der Waals surface area (Å²) in [6, 6.07) is 0.145. The Balaban J connectivity index is 2.95. The highest BCUT2D eigenvalue weighted by Crippen LogP contribution is 2.16. The van der Waals surface area contributed by atoms with E-state index in [1.54, 1.807) is 11.7 Å². The molecule has 0 spiro atoms. The van der Waals surface area contributed by atoms with Crippen molar-refractivity contribution >= 4 is 11.6 Å². The van der Waals surface area contributed by atoms with E-state index in [-0.39, 0.29) is 11.9 Å². The third kappa shape index (κ3) is 2.35. The van der Waals surface area contributed by atoms with E-state index in [2.05, 4.69) is 10.4 Å². The minimum atomic E-state index is -0.151. The Labute approximate surface area is 96.0 Å². The van der Waals surface area contributed by atoms with Gasteiger partial charge in [0.15, 0.2) is 0 Å². The minimum Gasteiger partial charge on any atom is -0.395 e. The van der Waals surface area contributed by atoms with Crippen LogP contribution in [-0.2, 0) is 13.5 Å². The Morgan fingerprint density at radius 2 is 2.19 bits per heavy atom. The summed E-state index contributed by atoms with van der Waals surface area (Å²) in [7, 11) is 1.74. The average Bonchev–Trinajstić information content (AvgIpc) is 2.53. The largest absolute Gasteiger partial charge is 0.395 e. The van der Waals surface area contributed by atoms with E-state index in [0.29, 0.717) is 11.4 Å².